The van der Waals surface area contributed by atoms with Gasteiger partial charge in [0.25, 0.3) is 0 Å². The zero-order chi connectivity index (χ0) is 15.5. The summed E-state index contributed by atoms with van der Waals surface area (Å²) < 4.78 is 22.6. The van der Waals surface area contributed by atoms with Crippen LogP contribution in [0.1, 0.15) is 17.3 Å². The van der Waals surface area contributed by atoms with Gasteiger partial charge in [0.15, 0.2) is 15.9 Å². The molecule has 1 aromatic heterocycles. The van der Waals surface area contributed by atoms with E-state index < -0.39 is 27.8 Å². The van der Waals surface area contributed by atoms with Crippen molar-refractivity contribution in [3.8, 4) is 0 Å². The maximum Gasteiger partial charge on any atom is 0.331 e. The fourth-order valence-electron chi connectivity index (χ4n) is 2.00. The molecule has 116 valence electrons. The number of amides is 1. The molecule has 2 N–H and O–H groups in total. The van der Waals surface area contributed by atoms with E-state index >= 15 is 0 Å². The van der Waals surface area contributed by atoms with E-state index in [-0.39, 0.29) is 22.5 Å². The molecule has 0 aliphatic carbocycles. The number of thiophene rings is 1. The van der Waals surface area contributed by atoms with E-state index in [1.165, 1.54) is 23.1 Å². The molecule has 0 aromatic carbocycles. The molecule has 0 radical (unpaired) electrons. The third kappa shape index (κ3) is 4.72. The molecule has 2 unspecified atom stereocenters. The minimum Gasteiger partial charge on any atom is -0.479 e. The van der Waals surface area contributed by atoms with Crippen LogP contribution in [0.25, 0.3) is 0 Å². The van der Waals surface area contributed by atoms with Gasteiger partial charge in [-0.15, -0.1) is 23.1 Å². The summed E-state index contributed by atoms with van der Waals surface area (Å²) in [6, 6.07) is 2.33. The van der Waals surface area contributed by atoms with Crippen molar-refractivity contribution < 1.29 is 23.1 Å². The third-order valence-electron chi connectivity index (χ3n) is 3.02. The van der Waals surface area contributed by atoms with Crippen molar-refractivity contribution in [2.24, 2.45) is 0 Å². The Morgan fingerprint density at radius 2 is 2.29 bits per heavy atom. The van der Waals surface area contributed by atoms with Crippen LogP contribution >= 0.6 is 23.1 Å². The summed E-state index contributed by atoms with van der Waals surface area (Å²) in [5, 5.41) is 13.3. The van der Waals surface area contributed by atoms with Gasteiger partial charge in [0, 0.05) is 10.1 Å². The lowest BCUT2D eigenvalue weighted by Gasteiger charge is -2.13. The summed E-state index contributed by atoms with van der Waals surface area (Å²) >= 11 is 2.53. The van der Waals surface area contributed by atoms with E-state index in [0.717, 1.165) is 0 Å². The highest BCUT2D eigenvalue weighted by Crippen LogP contribution is 2.24. The largest absolute Gasteiger partial charge is 0.479 e. The smallest absolute Gasteiger partial charge is 0.331 e. The normalized spacial score (nSPS) is 21.8. The van der Waals surface area contributed by atoms with E-state index in [0.29, 0.717) is 11.3 Å². The van der Waals surface area contributed by atoms with Crippen molar-refractivity contribution in [1.29, 1.82) is 0 Å². The number of carboxylic acid groups (broad SMARTS) is 1. The van der Waals surface area contributed by atoms with Crippen LogP contribution in [0, 0.1) is 0 Å². The van der Waals surface area contributed by atoms with Gasteiger partial charge >= 0.3 is 5.97 Å². The second-order valence-corrected chi connectivity index (χ2v) is 9.19. The van der Waals surface area contributed by atoms with Crippen molar-refractivity contribution in [1.82, 2.24) is 5.32 Å². The van der Waals surface area contributed by atoms with Gasteiger partial charge in [-0.1, -0.05) is 6.07 Å². The first-order valence-corrected chi connectivity index (χ1v) is 10.00. The first-order valence-electron chi connectivity index (χ1n) is 6.25. The number of hydrogen-bond acceptors (Lipinski definition) is 6. The van der Waals surface area contributed by atoms with Crippen LogP contribution in [0.15, 0.2) is 17.5 Å². The number of aliphatic carboxylic acids is 1. The Bertz CT molecular complexity index is 611. The molecule has 9 heteroatoms. The molecule has 1 aliphatic rings. The van der Waals surface area contributed by atoms with Crippen LogP contribution in [-0.4, -0.2) is 47.9 Å². The maximum atomic E-state index is 11.8. The number of carbonyl (C=O) groups is 2. The van der Waals surface area contributed by atoms with E-state index in [1.54, 1.807) is 17.5 Å². The van der Waals surface area contributed by atoms with Gasteiger partial charge in [-0.05, 0) is 17.9 Å². The molecular formula is C12H15NO5S3. The lowest BCUT2D eigenvalue weighted by Crippen LogP contribution is -2.34. The maximum absolute atomic E-state index is 11.8. The van der Waals surface area contributed by atoms with Crippen LogP contribution in [0.3, 0.4) is 0 Å². The molecule has 0 bridgehead atoms. The Morgan fingerprint density at radius 3 is 2.81 bits per heavy atom. The SMILES string of the molecule is O=C(CSC1CCS(=O)(=O)C1)NC(C(=O)O)c1cccs1. The quantitative estimate of drug-likeness (QED) is 0.792. The first-order chi connectivity index (χ1) is 9.87. The fraction of sp³-hybridized carbons (Fsp3) is 0.500. The second kappa shape index (κ2) is 6.80. The van der Waals surface area contributed by atoms with Crippen molar-refractivity contribution in [3.63, 3.8) is 0 Å². The van der Waals surface area contributed by atoms with Crippen molar-refractivity contribution in [3.05, 3.63) is 22.4 Å². The third-order valence-corrected chi connectivity index (χ3v) is 7.24. The highest BCUT2D eigenvalue weighted by molar-refractivity contribution is 8.02. The molecule has 6 nitrogen and oxygen atoms in total. The van der Waals surface area contributed by atoms with Gasteiger partial charge in [0.1, 0.15) is 0 Å². The minimum atomic E-state index is -2.96. The highest BCUT2D eigenvalue weighted by Gasteiger charge is 2.29. The molecule has 1 saturated heterocycles. The first kappa shape index (κ1) is 16.3. The molecule has 2 atom stereocenters. The molecule has 2 heterocycles. The molecule has 1 amide bonds. The highest BCUT2D eigenvalue weighted by atomic mass is 32.2. The lowest BCUT2D eigenvalue weighted by atomic mass is 10.2. The van der Waals surface area contributed by atoms with Crippen molar-refractivity contribution in [2.75, 3.05) is 17.3 Å². The van der Waals surface area contributed by atoms with Gasteiger partial charge in [-0.2, -0.15) is 0 Å². The van der Waals surface area contributed by atoms with E-state index in [2.05, 4.69) is 5.32 Å². The average Bonchev–Trinajstić information content (AvgIpc) is 3.02. The van der Waals surface area contributed by atoms with Crippen LogP contribution < -0.4 is 5.32 Å². The molecule has 1 aliphatic heterocycles. The van der Waals surface area contributed by atoms with Crippen molar-refractivity contribution in [2.45, 2.75) is 17.7 Å². The molecule has 2 rings (SSSR count). The van der Waals surface area contributed by atoms with Gasteiger partial charge < -0.3 is 10.4 Å². The van der Waals surface area contributed by atoms with Crippen LogP contribution in [-0.2, 0) is 19.4 Å². The Balaban J connectivity index is 1.85. The van der Waals surface area contributed by atoms with Gasteiger partial charge in [0.2, 0.25) is 5.91 Å². The summed E-state index contributed by atoms with van der Waals surface area (Å²) in [6.07, 6.45) is 0.549. The Labute approximate surface area is 130 Å². The summed E-state index contributed by atoms with van der Waals surface area (Å²) in [5.74, 6) is -1.18. The summed E-state index contributed by atoms with van der Waals surface area (Å²) in [6.45, 7) is 0. The van der Waals surface area contributed by atoms with Crippen molar-refractivity contribution >= 4 is 44.8 Å². The molecule has 21 heavy (non-hydrogen) atoms. The number of carboxylic acids is 1. The van der Waals surface area contributed by atoms with Gasteiger partial charge in [-0.3, -0.25) is 4.79 Å². The minimum absolute atomic E-state index is 0.0648. The van der Waals surface area contributed by atoms with Gasteiger partial charge in [0.05, 0.1) is 17.3 Å². The number of rotatable bonds is 6. The predicted octanol–water partition coefficient (Wildman–Crippen LogP) is 0.910. The molecule has 0 spiro atoms. The molecular weight excluding hydrogens is 334 g/mol. The van der Waals surface area contributed by atoms with Crippen LogP contribution in [0.5, 0.6) is 0 Å². The number of hydrogen-bond donors (Lipinski definition) is 2. The summed E-state index contributed by atoms with van der Waals surface area (Å²) in [7, 11) is -2.96. The Kier molecular flexibility index (Phi) is 5.28. The fourth-order valence-corrected chi connectivity index (χ4v) is 6.22. The number of sulfone groups is 1. The lowest BCUT2D eigenvalue weighted by molar-refractivity contribution is -0.141. The van der Waals surface area contributed by atoms with E-state index in [1.807, 2.05) is 0 Å². The topological polar surface area (TPSA) is 101 Å². The zero-order valence-corrected chi connectivity index (χ0v) is 13.5. The molecule has 1 fully saturated rings. The zero-order valence-electron chi connectivity index (χ0n) is 11.0. The molecule has 0 saturated carbocycles. The van der Waals surface area contributed by atoms with E-state index in [4.69, 9.17) is 5.11 Å². The van der Waals surface area contributed by atoms with Gasteiger partial charge in [-0.25, -0.2) is 13.2 Å². The van der Waals surface area contributed by atoms with Crippen LogP contribution in [0.4, 0.5) is 0 Å². The summed E-state index contributed by atoms with van der Waals surface area (Å²) in [5.41, 5.74) is 0. The number of nitrogens with one attached hydrogen (secondary N) is 1. The molecule has 1 aromatic rings. The average molecular weight is 349 g/mol. The summed E-state index contributed by atoms with van der Waals surface area (Å²) in [4.78, 5) is 23.6. The number of thioether (sulfide) groups is 1. The second-order valence-electron chi connectivity index (χ2n) is 4.69. The number of carbonyl (C=O) groups excluding carboxylic acids is 1. The van der Waals surface area contributed by atoms with E-state index in [9.17, 15) is 18.0 Å². The standard InChI is InChI=1S/C12H15NO5S3/c14-10(6-20-8-3-5-21(17,18)7-8)13-11(12(15)16)9-2-1-4-19-9/h1-2,4,8,11H,3,5-7H2,(H,13,14)(H,15,16). The Hall–Kier alpha value is -1.06. The predicted molar refractivity (Wildman–Crippen MR) is 82.4 cm³/mol. The monoisotopic (exact) mass is 349 g/mol. The Morgan fingerprint density at radius 1 is 1.52 bits per heavy atom. The van der Waals surface area contributed by atoms with Crippen LogP contribution in [0.2, 0.25) is 0 Å².